The van der Waals surface area contributed by atoms with Crippen LogP contribution in [0.3, 0.4) is 0 Å². The van der Waals surface area contributed by atoms with Crippen LogP contribution in [0.25, 0.3) is 0 Å². The van der Waals surface area contributed by atoms with Crippen molar-refractivity contribution >= 4 is 5.97 Å². The highest BCUT2D eigenvalue weighted by Crippen LogP contribution is 2.38. The molecule has 4 nitrogen and oxygen atoms in total. The lowest BCUT2D eigenvalue weighted by atomic mass is 9.85. The Morgan fingerprint density at radius 3 is 2.59 bits per heavy atom. The van der Waals surface area contributed by atoms with E-state index in [4.69, 9.17) is 14.2 Å². The number of ether oxygens (including phenoxy) is 3. The molecule has 1 heterocycles. The third-order valence-corrected chi connectivity index (χ3v) is 3.40. The molecule has 96 valence electrons. The zero-order valence-electron chi connectivity index (χ0n) is 10.3. The van der Waals surface area contributed by atoms with E-state index in [2.05, 4.69) is 0 Å². The van der Waals surface area contributed by atoms with Crippen LogP contribution in [0, 0.1) is 5.92 Å². The lowest BCUT2D eigenvalue weighted by Crippen LogP contribution is -2.34. The van der Waals surface area contributed by atoms with Crippen molar-refractivity contribution in [2.24, 2.45) is 5.92 Å². The zero-order chi connectivity index (χ0) is 12.1. The van der Waals surface area contributed by atoms with Gasteiger partial charge >= 0.3 is 5.97 Å². The predicted molar refractivity (Wildman–Crippen MR) is 62.4 cm³/mol. The van der Waals surface area contributed by atoms with E-state index in [1.54, 1.807) is 6.08 Å². The molecule has 1 aliphatic heterocycles. The van der Waals surface area contributed by atoms with Gasteiger partial charge in [0, 0.05) is 18.9 Å². The Labute approximate surface area is 102 Å². The molecule has 17 heavy (non-hydrogen) atoms. The van der Waals surface area contributed by atoms with Gasteiger partial charge in [-0.3, -0.25) is 0 Å². The molecular formula is C13H20O4. The fourth-order valence-electron chi connectivity index (χ4n) is 2.46. The maximum Gasteiger partial charge on any atom is 0.330 e. The molecule has 0 atom stereocenters. The minimum Gasteiger partial charge on any atom is -0.463 e. The largest absolute Gasteiger partial charge is 0.463 e. The Kier molecular flexibility index (Phi) is 4.18. The summed E-state index contributed by atoms with van der Waals surface area (Å²) in [7, 11) is 0. The number of rotatable bonds is 3. The molecule has 0 unspecified atom stereocenters. The monoisotopic (exact) mass is 240 g/mol. The Morgan fingerprint density at radius 2 is 2.00 bits per heavy atom. The van der Waals surface area contributed by atoms with Crippen molar-refractivity contribution in [1.29, 1.82) is 0 Å². The Bertz CT molecular complexity index is 282. The second-order valence-electron chi connectivity index (χ2n) is 4.56. The van der Waals surface area contributed by atoms with Gasteiger partial charge in [0.2, 0.25) is 0 Å². The number of esters is 1. The van der Waals surface area contributed by atoms with Gasteiger partial charge in [0.1, 0.15) is 0 Å². The van der Waals surface area contributed by atoms with Crippen LogP contribution in [-0.2, 0) is 19.0 Å². The Hall–Kier alpha value is -0.870. The van der Waals surface area contributed by atoms with E-state index in [9.17, 15) is 4.79 Å². The smallest absolute Gasteiger partial charge is 0.330 e. The van der Waals surface area contributed by atoms with Crippen LogP contribution in [0.1, 0.15) is 32.6 Å². The summed E-state index contributed by atoms with van der Waals surface area (Å²) in [5, 5.41) is 0. The van der Waals surface area contributed by atoms with Crippen molar-refractivity contribution in [3.8, 4) is 0 Å². The molecule has 2 aliphatic rings. The molecule has 2 fully saturated rings. The number of hydrogen-bond donors (Lipinski definition) is 0. The fraction of sp³-hybridized carbons (Fsp3) is 0.769. The van der Waals surface area contributed by atoms with Crippen molar-refractivity contribution in [3.05, 3.63) is 12.2 Å². The molecule has 2 rings (SSSR count). The summed E-state index contributed by atoms with van der Waals surface area (Å²) in [6, 6.07) is 0. The van der Waals surface area contributed by atoms with Gasteiger partial charge < -0.3 is 14.2 Å². The summed E-state index contributed by atoms with van der Waals surface area (Å²) in [5.74, 6) is -0.118. The van der Waals surface area contributed by atoms with Crippen molar-refractivity contribution in [1.82, 2.24) is 0 Å². The molecule has 0 amide bonds. The van der Waals surface area contributed by atoms with Gasteiger partial charge in [-0.05, 0) is 25.7 Å². The molecule has 1 aliphatic carbocycles. The topological polar surface area (TPSA) is 44.8 Å². The Morgan fingerprint density at radius 1 is 1.35 bits per heavy atom. The maximum absolute atomic E-state index is 11.2. The normalized spacial score (nSPS) is 24.5. The Balaban J connectivity index is 1.77. The lowest BCUT2D eigenvalue weighted by molar-refractivity contribution is -0.180. The minimum atomic E-state index is -0.311. The summed E-state index contributed by atoms with van der Waals surface area (Å²) in [6.45, 7) is 3.66. The van der Waals surface area contributed by atoms with Crippen LogP contribution in [-0.4, -0.2) is 31.6 Å². The fourth-order valence-corrected chi connectivity index (χ4v) is 2.46. The first kappa shape index (κ1) is 12.6. The SMILES string of the molecule is CCOC(=O)C=CC1CCC2(CC1)OCCO2. The van der Waals surface area contributed by atoms with Crippen LogP contribution >= 0.6 is 0 Å². The van der Waals surface area contributed by atoms with Gasteiger partial charge in [-0.25, -0.2) is 4.79 Å². The van der Waals surface area contributed by atoms with Crippen molar-refractivity contribution in [3.63, 3.8) is 0 Å². The third-order valence-electron chi connectivity index (χ3n) is 3.40. The second-order valence-corrected chi connectivity index (χ2v) is 4.56. The average Bonchev–Trinajstić information content (AvgIpc) is 2.78. The summed E-state index contributed by atoms with van der Waals surface area (Å²) >= 11 is 0. The first-order chi connectivity index (χ1) is 8.24. The summed E-state index contributed by atoms with van der Waals surface area (Å²) in [4.78, 5) is 11.2. The molecule has 1 saturated heterocycles. The standard InChI is InChI=1S/C13H20O4/c1-2-15-12(14)4-3-11-5-7-13(8-6-11)16-9-10-17-13/h3-4,11H,2,5-10H2,1H3. The van der Waals surface area contributed by atoms with Gasteiger partial charge in [-0.1, -0.05) is 6.08 Å². The molecule has 0 radical (unpaired) electrons. The zero-order valence-corrected chi connectivity index (χ0v) is 10.3. The molecule has 0 bridgehead atoms. The van der Waals surface area contributed by atoms with E-state index < -0.39 is 0 Å². The van der Waals surface area contributed by atoms with Crippen LogP contribution in [0.4, 0.5) is 0 Å². The van der Waals surface area contributed by atoms with Crippen LogP contribution in [0.2, 0.25) is 0 Å². The van der Waals surface area contributed by atoms with Crippen molar-refractivity contribution < 1.29 is 19.0 Å². The molecule has 0 aromatic rings. The van der Waals surface area contributed by atoms with Gasteiger partial charge in [0.25, 0.3) is 0 Å². The number of hydrogen-bond acceptors (Lipinski definition) is 4. The highest BCUT2D eigenvalue weighted by atomic mass is 16.7. The molecule has 4 heteroatoms. The first-order valence-corrected chi connectivity index (χ1v) is 6.37. The van der Waals surface area contributed by atoms with Crippen molar-refractivity contribution in [2.45, 2.75) is 38.4 Å². The maximum atomic E-state index is 11.2. The third kappa shape index (κ3) is 3.30. The van der Waals surface area contributed by atoms with E-state index >= 15 is 0 Å². The van der Waals surface area contributed by atoms with Crippen LogP contribution < -0.4 is 0 Å². The van der Waals surface area contributed by atoms with E-state index in [-0.39, 0.29) is 11.8 Å². The van der Waals surface area contributed by atoms with Crippen molar-refractivity contribution in [2.75, 3.05) is 19.8 Å². The minimum absolute atomic E-state index is 0.249. The van der Waals surface area contributed by atoms with E-state index in [1.807, 2.05) is 13.0 Å². The molecule has 0 N–H and O–H groups in total. The van der Waals surface area contributed by atoms with E-state index in [0.717, 1.165) is 25.7 Å². The van der Waals surface area contributed by atoms with E-state index in [0.29, 0.717) is 25.7 Å². The van der Waals surface area contributed by atoms with E-state index in [1.165, 1.54) is 0 Å². The van der Waals surface area contributed by atoms with Crippen LogP contribution in [0.15, 0.2) is 12.2 Å². The molecule has 1 saturated carbocycles. The quantitative estimate of drug-likeness (QED) is 0.559. The second kappa shape index (κ2) is 5.65. The average molecular weight is 240 g/mol. The number of carbonyl (C=O) groups is 1. The van der Waals surface area contributed by atoms with Gasteiger partial charge in [-0.15, -0.1) is 0 Å². The molecular weight excluding hydrogens is 220 g/mol. The summed E-state index contributed by atoms with van der Waals surface area (Å²) < 4.78 is 16.2. The van der Waals surface area contributed by atoms with Crippen LogP contribution in [0.5, 0.6) is 0 Å². The van der Waals surface area contributed by atoms with Gasteiger partial charge in [0.15, 0.2) is 5.79 Å². The molecule has 1 spiro atoms. The van der Waals surface area contributed by atoms with Gasteiger partial charge in [0.05, 0.1) is 19.8 Å². The number of allylic oxidation sites excluding steroid dienone is 1. The highest BCUT2D eigenvalue weighted by Gasteiger charge is 2.39. The summed E-state index contributed by atoms with van der Waals surface area (Å²) in [6.07, 6.45) is 7.36. The van der Waals surface area contributed by atoms with Gasteiger partial charge in [-0.2, -0.15) is 0 Å². The lowest BCUT2D eigenvalue weighted by Gasteiger charge is -2.34. The predicted octanol–water partition coefficient (Wildman–Crippen LogP) is 2.04. The summed E-state index contributed by atoms with van der Waals surface area (Å²) in [5.41, 5.74) is 0. The first-order valence-electron chi connectivity index (χ1n) is 6.37. The molecule has 0 aromatic heterocycles. The highest BCUT2D eigenvalue weighted by molar-refractivity contribution is 5.81. The number of carbonyl (C=O) groups excluding carboxylic acids is 1. The molecule has 0 aromatic carbocycles.